The molecule has 1 aliphatic rings. The third kappa shape index (κ3) is 3.26. The fraction of sp³-hybridized carbons (Fsp3) is 0.200. The van der Waals surface area contributed by atoms with Crippen LogP contribution in [0.5, 0.6) is 0 Å². The van der Waals surface area contributed by atoms with Crippen LogP contribution in [0.15, 0.2) is 61.1 Å². The van der Waals surface area contributed by atoms with Crippen molar-refractivity contribution in [2.45, 2.75) is 6.92 Å². The highest BCUT2D eigenvalue weighted by Gasteiger charge is 2.34. The van der Waals surface area contributed by atoms with Crippen molar-refractivity contribution in [2.24, 2.45) is 5.92 Å². The van der Waals surface area contributed by atoms with Gasteiger partial charge in [0.25, 0.3) is 0 Å². The summed E-state index contributed by atoms with van der Waals surface area (Å²) < 4.78 is 0. The van der Waals surface area contributed by atoms with E-state index in [9.17, 15) is 4.79 Å². The summed E-state index contributed by atoms with van der Waals surface area (Å²) in [6.45, 7) is 3.22. The first-order chi connectivity index (χ1) is 12.7. The molecule has 6 heteroatoms. The summed E-state index contributed by atoms with van der Waals surface area (Å²) in [6, 6.07) is 15.7. The Morgan fingerprint density at radius 1 is 1.08 bits per heavy atom. The van der Waals surface area contributed by atoms with Crippen LogP contribution in [0.2, 0.25) is 0 Å². The van der Waals surface area contributed by atoms with Crippen LogP contribution in [-0.2, 0) is 4.79 Å². The van der Waals surface area contributed by atoms with Crippen LogP contribution in [0.1, 0.15) is 5.56 Å². The van der Waals surface area contributed by atoms with Gasteiger partial charge in [0.1, 0.15) is 18.0 Å². The number of anilines is 2. The molecule has 1 aromatic carbocycles. The van der Waals surface area contributed by atoms with Crippen LogP contribution in [0.4, 0.5) is 11.6 Å². The van der Waals surface area contributed by atoms with Crippen molar-refractivity contribution >= 4 is 17.5 Å². The smallest absolute Gasteiger partial charge is 0.232 e. The fourth-order valence-corrected chi connectivity index (χ4v) is 2.95. The minimum atomic E-state index is -0.0634. The van der Waals surface area contributed by atoms with Crippen LogP contribution in [-0.4, -0.2) is 33.9 Å². The summed E-state index contributed by atoms with van der Waals surface area (Å²) in [4.78, 5) is 27.4. The number of aryl methyl sites for hydroxylation is 1. The van der Waals surface area contributed by atoms with Gasteiger partial charge in [0.05, 0.1) is 11.6 Å². The molecule has 26 heavy (non-hydrogen) atoms. The lowest BCUT2D eigenvalue weighted by Crippen LogP contribution is -2.52. The third-order valence-corrected chi connectivity index (χ3v) is 4.55. The Bertz CT molecular complexity index is 922. The molecule has 6 nitrogen and oxygen atoms in total. The Labute approximate surface area is 151 Å². The quantitative estimate of drug-likeness (QED) is 0.787. The number of hydrogen-bond acceptors (Lipinski definition) is 5. The third-order valence-electron chi connectivity index (χ3n) is 4.55. The molecule has 130 valence electrons. The molecule has 0 unspecified atom stereocenters. The second-order valence-electron chi connectivity index (χ2n) is 6.39. The highest BCUT2D eigenvalue weighted by Crippen LogP contribution is 2.26. The molecule has 1 fully saturated rings. The SMILES string of the molecule is Cc1cccnc1NC(=O)C1CN(c2cc(-c3ccccc3)ncn2)C1. The summed E-state index contributed by atoms with van der Waals surface area (Å²) in [5.74, 6) is 1.41. The maximum Gasteiger partial charge on any atom is 0.232 e. The number of carbonyl (C=O) groups is 1. The number of pyridine rings is 1. The van der Waals surface area contributed by atoms with Gasteiger partial charge in [0.15, 0.2) is 0 Å². The highest BCUT2D eigenvalue weighted by atomic mass is 16.2. The second kappa shape index (κ2) is 6.92. The van der Waals surface area contributed by atoms with Gasteiger partial charge in [-0.25, -0.2) is 15.0 Å². The van der Waals surface area contributed by atoms with E-state index in [1.165, 1.54) is 0 Å². The lowest BCUT2D eigenvalue weighted by Gasteiger charge is -2.39. The Kier molecular flexibility index (Phi) is 4.31. The van der Waals surface area contributed by atoms with E-state index in [-0.39, 0.29) is 11.8 Å². The number of carbonyl (C=O) groups excluding carboxylic acids is 1. The molecule has 0 atom stereocenters. The van der Waals surface area contributed by atoms with E-state index in [0.29, 0.717) is 18.9 Å². The molecule has 0 spiro atoms. The number of benzene rings is 1. The van der Waals surface area contributed by atoms with Crippen LogP contribution in [0.25, 0.3) is 11.3 Å². The van der Waals surface area contributed by atoms with Crippen molar-refractivity contribution in [2.75, 3.05) is 23.3 Å². The predicted octanol–water partition coefficient (Wildman–Crippen LogP) is 2.92. The van der Waals surface area contributed by atoms with Gasteiger partial charge >= 0.3 is 0 Å². The summed E-state index contributed by atoms with van der Waals surface area (Å²) in [5.41, 5.74) is 2.89. The van der Waals surface area contributed by atoms with Crippen molar-refractivity contribution in [1.82, 2.24) is 15.0 Å². The van der Waals surface area contributed by atoms with Crippen molar-refractivity contribution in [3.63, 3.8) is 0 Å². The molecular formula is C20H19N5O. The summed E-state index contributed by atoms with van der Waals surface area (Å²) in [5, 5.41) is 2.91. The minimum Gasteiger partial charge on any atom is -0.355 e. The van der Waals surface area contributed by atoms with Crippen LogP contribution >= 0.6 is 0 Å². The lowest BCUT2D eigenvalue weighted by atomic mass is 9.99. The van der Waals surface area contributed by atoms with Crippen LogP contribution in [0.3, 0.4) is 0 Å². The molecule has 1 saturated heterocycles. The molecule has 2 aromatic heterocycles. The predicted molar refractivity (Wildman–Crippen MR) is 101 cm³/mol. The van der Waals surface area contributed by atoms with Crippen molar-refractivity contribution in [3.8, 4) is 11.3 Å². The van der Waals surface area contributed by atoms with Crippen molar-refractivity contribution in [3.05, 3.63) is 66.6 Å². The standard InChI is InChI=1S/C20H19N5O/c1-14-6-5-9-21-19(14)24-20(26)16-11-25(12-16)18-10-17(22-13-23-18)15-7-3-2-4-8-15/h2-10,13,16H,11-12H2,1H3,(H,21,24,26). The van der Waals surface area contributed by atoms with Gasteiger partial charge in [-0.05, 0) is 18.6 Å². The number of amides is 1. The molecule has 1 amide bonds. The van der Waals surface area contributed by atoms with E-state index in [0.717, 1.165) is 22.6 Å². The molecule has 3 aromatic rings. The largest absolute Gasteiger partial charge is 0.355 e. The van der Waals surface area contributed by atoms with E-state index >= 15 is 0 Å². The maximum absolute atomic E-state index is 12.4. The second-order valence-corrected chi connectivity index (χ2v) is 6.39. The zero-order valence-corrected chi connectivity index (χ0v) is 14.5. The number of rotatable bonds is 4. The minimum absolute atomic E-state index is 0.000360. The number of nitrogens with zero attached hydrogens (tertiary/aromatic N) is 4. The molecule has 0 saturated carbocycles. The van der Waals surface area contributed by atoms with Crippen molar-refractivity contribution < 1.29 is 4.79 Å². The van der Waals surface area contributed by atoms with Gasteiger partial charge in [-0.2, -0.15) is 0 Å². The number of nitrogens with one attached hydrogen (secondary N) is 1. The summed E-state index contributed by atoms with van der Waals surface area (Å²) in [6.07, 6.45) is 3.25. The Morgan fingerprint density at radius 2 is 1.88 bits per heavy atom. The maximum atomic E-state index is 12.4. The van der Waals surface area contributed by atoms with E-state index < -0.39 is 0 Å². The molecule has 3 heterocycles. The fourth-order valence-electron chi connectivity index (χ4n) is 2.95. The summed E-state index contributed by atoms with van der Waals surface area (Å²) >= 11 is 0. The molecule has 4 rings (SSSR count). The average molecular weight is 345 g/mol. The van der Waals surface area contributed by atoms with E-state index in [2.05, 4.69) is 25.2 Å². The van der Waals surface area contributed by atoms with Crippen LogP contribution in [0, 0.1) is 12.8 Å². The monoisotopic (exact) mass is 345 g/mol. The lowest BCUT2D eigenvalue weighted by molar-refractivity contribution is -0.120. The van der Waals surface area contributed by atoms with Gasteiger partial charge in [0, 0.05) is 30.9 Å². The van der Waals surface area contributed by atoms with Gasteiger partial charge < -0.3 is 10.2 Å². The molecule has 0 radical (unpaired) electrons. The normalized spacial score (nSPS) is 14.0. The topological polar surface area (TPSA) is 71.0 Å². The van der Waals surface area contributed by atoms with Gasteiger partial charge in [-0.15, -0.1) is 0 Å². The zero-order valence-electron chi connectivity index (χ0n) is 14.5. The molecule has 1 N–H and O–H groups in total. The van der Waals surface area contributed by atoms with Crippen LogP contribution < -0.4 is 10.2 Å². The molecular weight excluding hydrogens is 326 g/mol. The number of hydrogen-bond donors (Lipinski definition) is 1. The first kappa shape index (κ1) is 16.2. The van der Waals surface area contributed by atoms with Gasteiger partial charge in [0.2, 0.25) is 5.91 Å². The first-order valence-corrected chi connectivity index (χ1v) is 8.55. The molecule has 0 bridgehead atoms. The molecule has 1 aliphatic heterocycles. The average Bonchev–Trinajstić information content (AvgIpc) is 2.63. The Balaban J connectivity index is 1.40. The van der Waals surface area contributed by atoms with Crippen molar-refractivity contribution in [1.29, 1.82) is 0 Å². The van der Waals surface area contributed by atoms with Gasteiger partial charge in [-0.3, -0.25) is 4.79 Å². The highest BCUT2D eigenvalue weighted by molar-refractivity contribution is 5.94. The van der Waals surface area contributed by atoms with E-state index in [1.807, 2.05) is 55.5 Å². The Morgan fingerprint density at radius 3 is 2.65 bits per heavy atom. The van der Waals surface area contributed by atoms with Gasteiger partial charge in [-0.1, -0.05) is 36.4 Å². The zero-order chi connectivity index (χ0) is 17.9. The number of aromatic nitrogens is 3. The molecule has 0 aliphatic carbocycles. The summed E-state index contributed by atoms with van der Waals surface area (Å²) in [7, 11) is 0. The van der Waals surface area contributed by atoms with E-state index in [1.54, 1.807) is 12.5 Å². The first-order valence-electron chi connectivity index (χ1n) is 8.55. The Hall–Kier alpha value is -3.28. The van der Waals surface area contributed by atoms with E-state index in [4.69, 9.17) is 0 Å².